The monoisotopic (exact) mass is 379 g/mol. The predicted octanol–water partition coefficient (Wildman–Crippen LogP) is 2.34. The summed E-state index contributed by atoms with van der Waals surface area (Å²) in [4.78, 5) is 4.64. The van der Waals surface area contributed by atoms with E-state index in [1.165, 1.54) is 0 Å². The molecule has 1 atom stereocenters. The van der Waals surface area contributed by atoms with E-state index in [9.17, 15) is 0 Å². The third kappa shape index (κ3) is 7.64. The average Bonchev–Trinajstić information content (AvgIpc) is 3.22. The fourth-order valence-electron chi connectivity index (χ4n) is 2.86. The number of methoxy groups -OCH3 is 2. The maximum absolute atomic E-state index is 5.69. The predicted molar refractivity (Wildman–Crippen MR) is 107 cm³/mol. The van der Waals surface area contributed by atoms with Crippen LogP contribution in [0.2, 0.25) is 0 Å². The van der Waals surface area contributed by atoms with Gasteiger partial charge in [-0.25, -0.2) is 4.99 Å². The molecule has 2 N–H and O–H groups in total. The van der Waals surface area contributed by atoms with Gasteiger partial charge < -0.3 is 29.6 Å². The van der Waals surface area contributed by atoms with Crippen LogP contribution in [0.1, 0.15) is 31.7 Å². The Bertz CT molecular complexity index is 574. The van der Waals surface area contributed by atoms with Gasteiger partial charge in [0.25, 0.3) is 0 Å². The number of hydrogen-bond donors (Lipinski definition) is 2. The van der Waals surface area contributed by atoms with Crippen LogP contribution in [0, 0.1) is 0 Å². The normalized spacial score (nSPS) is 17.0. The summed E-state index contributed by atoms with van der Waals surface area (Å²) in [7, 11) is 3.30. The average molecular weight is 380 g/mol. The lowest BCUT2D eigenvalue weighted by Gasteiger charge is -2.13. The molecule has 0 bridgehead atoms. The molecule has 0 aromatic heterocycles. The van der Waals surface area contributed by atoms with Crippen LogP contribution in [-0.2, 0) is 16.0 Å². The lowest BCUT2D eigenvalue weighted by molar-refractivity contribution is 0.0168. The van der Waals surface area contributed by atoms with Gasteiger partial charge in [0.05, 0.1) is 33.5 Å². The van der Waals surface area contributed by atoms with Gasteiger partial charge in [0.15, 0.2) is 5.96 Å². The number of ether oxygens (including phenoxy) is 4. The van der Waals surface area contributed by atoms with Crippen LogP contribution in [0.15, 0.2) is 23.2 Å². The molecule has 1 aliphatic heterocycles. The number of hydrogen-bond acceptors (Lipinski definition) is 5. The number of nitrogens with zero attached hydrogens (tertiary/aromatic N) is 1. The van der Waals surface area contributed by atoms with E-state index in [1.54, 1.807) is 14.2 Å². The second-order valence-corrected chi connectivity index (χ2v) is 6.36. The first-order valence-electron chi connectivity index (χ1n) is 9.69. The van der Waals surface area contributed by atoms with Crippen molar-refractivity contribution in [3.8, 4) is 11.5 Å². The van der Waals surface area contributed by atoms with Crippen molar-refractivity contribution in [3.63, 3.8) is 0 Å². The largest absolute Gasteiger partial charge is 0.497 e. The summed E-state index contributed by atoms with van der Waals surface area (Å²) in [6.45, 7) is 6.48. The van der Waals surface area contributed by atoms with Gasteiger partial charge in [-0.15, -0.1) is 0 Å². The SMILES string of the molecule is CCNC(=NCc1ccc(OC)cc1OC)NCCCOCC1CCCO1. The zero-order valence-corrected chi connectivity index (χ0v) is 16.8. The van der Waals surface area contributed by atoms with E-state index in [4.69, 9.17) is 18.9 Å². The van der Waals surface area contributed by atoms with Gasteiger partial charge in [-0.3, -0.25) is 0 Å². The van der Waals surface area contributed by atoms with Crippen molar-refractivity contribution in [3.05, 3.63) is 23.8 Å². The molecule has 7 heteroatoms. The number of nitrogens with one attached hydrogen (secondary N) is 2. The van der Waals surface area contributed by atoms with Gasteiger partial charge >= 0.3 is 0 Å². The molecule has 7 nitrogen and oxygen atoms in total. The third-order valence-corrected chi connectivity index (χ3v) is 4.33. The summed E-state index contributed by atoms with van der Waals surface area (Å²) in [5, 5.41) is 6.60. The molecular formula is C20H33N3O4. The van der Waals surface area contributed by atoms with Crippen LogP contribution >= 0.6 is 0 Å². The molecule has 1 aliphatic rings. The minimum absolute atomic E-state index is 0.288. The highest BCUT2D eigenvalue weighted by molar-refractivity contribution is 5.79. The molecule has 1 unspecified atom stereocenters. The maximum atomic E-state index is 5.69. The Balaban J connectivity index is 1.74. The van der Waals surface area contributed by atoms with Gasteiger partial charge in [0.1, 0.15) is 11.5 Å². The summed E-state index contributed by atoms with van der Waals surface area (Å²) in [6.07, 6.45) is 3.47. The standard InChI is InChI=1S/C20H33N3O4/c1-4-21-20(22-10-6-11-26-15-18-7-5-12-27-18)23-14-16-8-9-17(24-2)13-19(16)25-3/h8-9,13,18H,4-7,10-12,14-15H2,1-3H3,(H2,21,22,23). The Morgan fingerprint density at radius 3 is 2.85 bits per heavy atom. The van der Waals surface area contributed by atoms with Crippen molar-refractivity contribution in [2.45, 2.75) is 38.8 Å². The third-order valence-electron chi connectivity index (χ3n) is 4.33. The van der Waals surface area contributed by atoms with E-state index in [2.05, 4.69) is 22.5 Å². The molecule has 1 heterocycles. The molecule has 1 aromatic carbocycles. The molecule has 152 valence electrons. The zero-order valence-electron chi connectivity index (χ0n) is 16.8. The number of guanidine groups is 1. The Labute approximate surface area is 162 Å². The lowest BCUT2D eigenvalue weighted by Crippen LogP contribution is -2.38. The lowest BCUT2D eigenvalue weighted by atomic mass is 10.2. The molecule has 1 aromatic rings. The highest BCUT2D eigenvalue weighted by Crippen LogP contribution is 2.25. The first-order chi connectivity index (χ1) is 13.3. The molecule has 0 amide bonds. The van der Waals surface area contributed by atoms with E-state index >= 15 is 0 Å². The highest BCUT2D eigenvalue weighted by Gasteiger charge is 2.14. The summed E-state index contributed by atoms with van der Waals surface area (Å²) in [5.74, 6) is 2.33. The van der Waals surface area contributed by atoms with Gasteiger partial charge in [-0.2, -0.15) is 0 Å². The topological polar surface area (TPSA) is 73.3 Å². The first-order valence-corrected chi connectivity index (χ1v) is 9.69. The quantitative estimate of drug-likeness (QED) is 0.349. The minimum Gasteiger partial charge on any atom is -0.497 e. The molecule has 0 saturated carbocycles. The summed E-state index contributed by atoms with van der Waals surface area (Å²) < 4.78 is 21.9. The molecule has 0 aliphatic carbocycles. The molecule has 0 radical (unpaired) electrons. The van der Waals surface area contributed by atoms with Crippen LogP contribution in [-0.4, -0.2) is 59.2 Å². The second kappa shape index (κ2) is 12.4. The second-order valence-electron chi connectivity index (χ2n) is 6.36. The molecule has 0 spiro atoms. The van der Waals surface area contributed by atoms with E-state index in [-0.39, 0.29) is 6.10 Å². The number of aliphatic imine (C=N–C) groups is 1. The van der Waals surface area contributed by atoms with E-state index in [0.717, 1.165) is 68.6 Å². The van der Waals surface area contributed by atoms with E-state index in [0.29, 0.717) is 13.2 Å². The number of benzene rings is 1. The Hall–Kier alpha value is -1.99. The molecule has 1 saturated heterocycles. The van der Waals surface area contributed by atoms with Gasteiger partial charge in [-0.1, -0.05) is 0 Å². The highest BCUT2D eigenvalue weighted by atomic mass is 16.5. The molecule has 2 rings (SSSR count). The molecule has 27 heavy (non-hydrogen) atoms. The van der Waals surface area contributed by atoms with Gasteiger partial charge in [0, 0.05) is 37.9 Å². The van der Waals surface area contributed by atoms with Crippen molar-refractivity contribution in [1.82, 2.24) is 10.6 Å². The van der Waals surface area contributed by atoms with Crippen molar-refractivity contribution in [2.75, 3.05) is 47.1 Å². The van der Waals surface area contributed by atoms with Crippen molar-refractivity contribution >= 4 is 5.96 Å². The Kier molecular flexibility index (Phi) is 9.79. The fourth-order valence-corrected chi connectivity index (χ4v) is 2.86. The van der Waals surface area contributed by atoms with Crippen LogP contribution in [0.4, 0.5) is 0 Å². The Morgan fingerprint density at radius 2 is 2.15 bits per heavy atom. The van der Waals surface area contributed by atoms with Crippen LogP contribution < -0.4 is 20.1 Å². The van der Waals surface area contributed by atoms with Crippen LogP contribution in [0.5, 0.6) is 11.5 Å². The molecule has 1 fully saturated rings. The van der Waals surface area contributed by atoms with Gasteiger partial charge in [0.2, 0.25) is 0 Å². The fraction of sp³-hybridized carbons (Fsp3) is 0.650. The van der Waals surface area contributed by atoms with E-state index in [1.807, 2.05) is 18.2 Å². The van der Waals surface area contributed by atoms with Crippen molar-refractivity contribution in [1.29, 1.82) is 0 Å². The summed E-state index contributed by atoms with van der Waals surface area (Å²) in [6, 6.07) is 5.76. The smallest absolute Gasteiger partial charge is 0.191 e. The van der Waals surface area contributed by atoms with Crippen LogP contribution in [0.3, 0.4) is 0 Å². The number of rotatable bonds is 11. The summed E-state index contributed by atoms with van der Waals surface area (Å²) in [5.41, 5.74) is 1.01. The van der Waals surface area contributed by atoms with Gasteiger partial charge in [-0.05, 0) is 38.3 Å². The van der Waals surface area contributed by atoms with Crippen molar-refractivity contribution < 1.29 is 18.9 Å². The van der Waals surface area contributed by atoms with Crippen molar-refractivity contribution in [2.24, 2.45) is 4.99 Å². The minimum atomic E-state index is 0.288. The van der Waals surface area contributed by atoms with E-state index < -0.39 is 0 Å². The molecular weight excluding hydrogens is 346 g/mol. The zero-order chi connectivity index (χ0) is 19.3. The first kappa shape index (κ1) is 21.3. The maximum Gasteiger partial charge on any atom is 0.191 e. The summed E-state index contributed by atoms with van der Waals surface area (Å²) >= 11 is 0. The Morgan fingerprint density at radius 1 is 1.26 bits per heavy atom. The van der Waals surface area contributed by atoms with Crippen LogP contribution in [0.25, 0.3) is 0 Å².